The van der Waals surface area contributed by atoms with Crippen molar-refractivity contribution < 1.29 is 94.4 Å². The van der Waals surface area contributed by atoms with Crippen molar-refractivity contribution in [1.82, 2.24) is 37.2 Å². The number of halogens is 1. The number of esters is 2. The fraction of sp³-hybridized carbons (Fsp3) is 0.376. The number of rotatable bonds is 17. The Bertz CT molecular complexity index is 4750. The first-order valence-corrected chi connectivity index (χ1v) is 36.8. The molecule has 584 valence electrons. The molecule has 2 aliphatic heterocycles. The summed E-state index contributed by atoms with van der Waals surface area (Å²) >= 11 is 0. The van der Waals surface area contributed by atoms with E-state index in [0.29, 0.717) is 79.2 Å². The van der Waals surface area contributed by atoms with Crippen molar-refractivity contribution in [1.29, 1.82) is 0 Å². The van der Waals surface area contributed by atoms with E-state index < -0.39 is 95.3 Å². The van der Waals surface area contributed by atoms with Crippen LogP contribution >= 0.6 is 0 Å². The molecule has 0 aromatic heterocycles. The van der Waals surface area contributed by atoms with Crippen LogP contribution in [0.4, 0.5) is 4.79 Å². The molecule has 6 atom stereocenters. The zero-order valence-corrected chi connectivity index (χ0v) is 65.1. The average Bonchev–Trinajstić information content (AvgIpc) is 0.744. The molecule has 24 nitrogen and oxygen atoms in total. The van der Waals surface area contributed by atoms with Gasteiger partial charge in [-0.25, -0.2) is 14.4 Å². The molecule has 0 saturated carbocycles. The van der Waals surface area contributed by atoms with E-state index in [0.717, 1.165) is 82.9 Å². The fourth-order valence-corrected chi connectivity index (χ4v) is 14.2. The van der Waals surface area contributed by atoms with Gasteiger partial charge in [-0.15, -0.1) is 0 Å². The van der Waals surface area contributed by atoms with Crippen molar-refractivity contribution >= 4 is 96.6 Å². The highest BCUT2D eigenvalue weighted by molar-refractivity contribution is 6.13. The minimum atomic E-state index is -1.13. The number of unbranched alkanes of at least 4 members (excludes halogenated alkanes) is 2. The van der Waals surface area contributed by atoms with Crippen LogP contribution < -0.4 is 74.3 Å². The van der Waals surface area contributed by atoms with Crippen LogP contribution in [0.3, 0.4) is 0 Å². The molecule has 2 unspecified atom stereocenters. The second-order valence-electron chi connectivity index (χ2n) is 28.0. The number of fused-ring (bicyclic) bond motifs is 18. The molecule has 8 bridgehead atoms. The third-order valence-corrected chi connectivity index (χ3v) is 19.1. The monoisotopic (exact) mass is 1520 g/mol. The van der Waals surface area contributed by atoms with Crippen LogP contribution in [-0.2, 0) is 78.3 Å². The molecule has 0 spiro atoms. The van der Waals surface area contributed by atoms with Crippen LogP contribution in [0.1, 0.15) is 108 Å². The Hall–Kier alpha value is -11.2. The van der Waals surface area contributed by atoms with E-state index in [9.17, 15) is 43.2 Å². The lowest BCUT2D eigenvalue weighted by Gasteiger charge is -2.26. The van der Waals surface area contributed by atoms with Gasteiger partial charge in [-0.2, -0.15) is 0 Å². The van der Waals surface area contributed by atoms with Gasteiger partial charge >= 0.3 is 18.0 Å². The van der Waals surface area contributed by atoms with Crippen LogP contribution in [0.25, 0.3) is 65.3 Å². The molecule has 2 aliphatic rings. The van der Waals surface area contributed by atoms with E-state index in [1.807, 2.05) is 127 Å². The first kappa shape index (κ1) is 84.4. The molecule has 7 amide bonds. The minimum Gasteiger partial charge on any atom is -1.00 e. The Morgan fingerprint density at radius 2 is 0.791 bits per heavy atom. The molecule has 10 rings (SSSR count). The van der Waals surface area contributed by atoms with Crippen molar-refractivity contribution in [2.45, 2.75) is 154 Å². The summed E-state index contributed by atoms with van der Waals surface area (Å²) in [7, 11) is 8.94. The number of alkyl carbamates (subject to hydrolysis) is 1. The SMILES string of the molecule is COC(=O)[C@@H]1CC=CCc2cc3ccccc3c(c2OC)-c2c(OC)c(cc3ccccc23)CC(NC(C)=O)C(=O)N[C@H](CCCCNC(=O)OC(C)(C)C)C(=O)N1.COC(=O)[C@@H]1CC=CCc2cc3ccccc3c(c2OC)-c2c(OC)c(cc3ccccc23)CC(NC(C)=O)C(=O)N[C@H](CCCC[NH3+])C(=O)N1.[Cl-]. The van der Waals surface area contributed by atoms with Gasteiger partial charge < -0.3 is 88.5 Å². The zero-order chi connectivity index (χ0) is 78.5. The van der Waals surface area contributed by atoms with Gasteiger partial charge in [0.25, 0.3) is 0 Å². The lowest BCUT2D eigenvalue weighted by atomic mass is 9.87. The summed E-state index contributed by atoms with van der Waals surface area (Å²) in [6, 6.07) is 33.7. The number of hydrogen-bond donors (Lipinski definition) is 8. The maximum absolute atomic E-state index is 14.3. The van der Waals surface area contributed by atoms with Gasteiger partial charge in [-0.3, -0.25) is 28.8 Å². The summed E-state index contributed by atoms with van der Waals surface area (Å²) in [6.07, 6.45) is 10.9. The summed E-state index contributed by atoms with van der Waals surface area (Å²) in [5.74, 6) is -2.08. The Kier molecular flexibility index (Phi) is 30.5. The van der Waals surface area contributed by atoms with E-state index in [1.54, 1.807) is 55.3 Å². The predicted molar refractivity (Wildman–Crippen MR) is 419 cm³/mol. The third kappa shape index (κ3) is 21.2. The maximum atomic E-state index is 14.3. The van der Waals surface area contributed by atoms with E-state index in [-0.39, 0.29) is 51.1 Å². The molecule has 8 aromatic rings. The van der Waals surface area contributed by atoms with Gasteiger partial charge in [0.1, 0.15) is 64.9 Å². The lowest BCUT2D eigenvalue weighted by Crippen LogP contribution is -3.00. The molecule has 0 radical (unpaired) electrons. The smallest absolute Gasteiger partial charge is 0.407 e. The number of allylic oxidation sites excluding steroid dienone is 2. The summed E-state index contributed by atoms with van der Waals surface area (Å²) in [6.45, 7) is 8.91. The van der Waals surface area contributed by atoms with E-state index in [4.69, 9.17) is 33.2 Å². The predicted octanol–water partition coefficient (Wildman–Crippen LogP) is 6.85. The van der Waals surface area contributed by atoms with Crippen molar-refractivity contribution in [2.24, 2.45) is 0 Å². The highest BCUT2D eigenvalue weighted by Gasteiger charge is 2.35. The third-order valence-electron chi connectivity index (χ3n) is 19.1. The topological polar surface area (TPSA) is 330 Å². The van der Waals surface area contributed by atoms with E-state index >= 15 is 0 Å². The standard InChI is InChI=1S/C45H54N4O9.C40H46N4O7.ClH/c1-27(50)47-36-26-31-25-29-17-9-12-20-33(29)38(40(31)56-6)37-32-19-11-8-16-28(32)24-30(39(37)55-5)18-10-13-22-35(43(53)57-7)49-41(51)34(48-42(36)52)21-14-15-23-46-44(54)58-45(2,3)4;1-24(45)42-33-23-28-22-26-14-6-9-17-30(26)35(37(28)50-3)34-29-16-8-5-13-25(29)21-27(36(34)49-2)15-7-10-19-32(40(48)51-4)44-38(46)31(43-39(33)47)18-11-12-20-41;/h8-13,16-17,19-20,24-25,34-36H,14-15,18,21-23,26H2,1-7H3,(H,46,54)(H,47,50)(H,48,52)(H,49,51);5-10,13-14,16-17,21-22,31-33H,11-12,15,18-20,23,41H2,1-4H3,(H,42,45)(H,43,47)(H,44,46);1H/t34-,35+,36?;31-,32+,33?;/m11./s1. The summed E-state index contributed by atoms with van der Waals surface area (Å²) in [4.78, 5) is 119. The highest BCUT2D eigenvalue weighted by atomic mass is 35.5. The quantitative estimate of drug-likeness (QED) is 0.0200. The fourth-order valence-electron chi connectivity index (χ4n) is 14.2. The highest BCUT2D eigenvalue weighted by Crippen LogP contribution is 2.51. The van der Waals surface area contributed by atoms with Gasteiger partial charge in [0.15, 0.2) is 0 Å². The number of carbonyl (C=O) groups is 9. The molecule has 2 heterocycles. The Morgan fingerprint density at radius 3 is 1.12 bits per heavy atom. The van der Waals surface area contributed by atoms with Crippen LogP contribution in [-0.4, -0.2) is 151 Å². The van der Waals surface area contributed by atoms with E-state index in [2.05, 4.69) is 55.1 Å². The molecule has 0 saturated heterocycles. The normalized spacial score (nSPS) is 17.7. The Morgan fingerprint density at radius 1 is 0.455 bits per heavy atom. The van der Waals surface area contributed by atoms with Crippen LogP contribution in [0.5, 0.6) is 23.0 Å². The number of benzene rings is 8. The van der Waals surface area contributed by atoms with Gasteiger partial charge in [0.05, 0.1) is 49.2 Å². The van der Waals surface area contributed by atoms with Crippen molar-refractivity contribution in [3.05, 3.63) is 168 Å². The minimum absolute atomic E-state index is 0. The number of nitrogens with one attached hydrogen (secondary N) is 7. The average molecular weight is 1530 g/mol. The number of methoxy groups -OCH3 is 6. The Balaban J connectivity index is 0.000000276. The first-order chi connectivity index (χ1) is 52.4. The first-order valence-electron chi connectivity index (χ1n) is 36.8. The number of amides is 7. The molecule has 0 fully saturated rings. The largest absolute Gasteiger partial charge is 1.00 e. The second kappa shape index (κ2) is 39.7. The molecule has 8 aromatic carbocycles. The summed E-state index contributed by atoms with van der Waals surface area (Å²) < 4.78 is 40.3. The van der Waals surface area contributed by atoms with Crippen molar-refractivity contribution in [2.75, 3.05) is 55.7 Å². The summed E-state index contributed by atoms with van der Waals surface area (Å²) in [5.41, 5.74) is 9.53. The number of hydrogen-bond acceptors (Lipinski definition) is 16. The lowest BCUT2D eigenvalue weighted by molar-refractivity contribution is -0.368. The molecule has 25 heteroatoms. The molecule has 0 aliphatic carbocycles. The number of ether oxygens (including phenoxy) is 7. The van der Waals surface area contributed by atoms with Crippen molar-refractivity contribution in [3.8, 4) is 45.3 Å². The van der Waals surface area contributed by atoms with Crippen LogP contribution in [0, 0.1) is 0 Å². The van der Waals surface area contributed by atoms with Gasteiger partial charge in [-0.1, -0.05) is 121 Å². The van der Waals surface area contributed by atoms with Crippen molar-refractivity contribution in [3.63, 3.8) is 0 Å². The molecule has 10 N–H and O–H groups in total. The van der Waals surface area contributed by atoms with Gasteiger partial charge in [-0.05, 0) is 175 Å². The molecule has 110 heavy (non-hydrogen) atoms. The van der Waals surface area contributed by atoms with Gasteiger partial charge in [0.2, 0.25) is 35.4 Å². The zero-order valence-electron chi connectivity index (χ0n) is 64.3. The molecular weight excluding hydrogens is 1420 g/mol. The maximum Gasteiger partial charge on any atom is 0.407 e. The number of quaternary nitrogens is 1. The number of carbonyl (C=O) groups excluding carboxylic acids is 9. The summed E-state index contributed by atoms with van der Waals surface area (Å²) in [5, 5.41) is 27.0. The van der Waals surface area contributed by atoms with Crippen LogP contribution in [0.2, 0.25) is 0 Å². The van der Waals surface area contributed by atoms with Crippen LogP contribution in [0.15, 0.2) is 146 Å². The van der Waals surface area contributed by atoms with E-state index in [1.165, 1.54) is 28.1 Å². The molecular formula is C85H101ClN8O16. The van der Waals surface area contributed by atoms with Gasteiger partial charge in [0, 0.05) is 55.5 Å². The Labute approximate surface area is 647 Å². The second-order valence-corrected chi connectivity index (χ2v) is 28.0.